The summed E-state index contributed by atoms with van der Waals surface area (Å²) in [7, 11) is 1.48. The molecule has 0 aromatic rings. The molecule has 2 rings (SSSR count). The van der Waals surface area contributed by atoms with Gasteiger partial charge in [-0.3, -0.25) is 0 Å². The first kappa shape index (κ1) is 30.8. The Kier molecular flexibility index (Phi) is 12.9. The Bertz CT molecular complexity index is 676. The highest BCUT2D eigenvalue weighted by atomic mass is 16.6. The number of methoxy groups -OCH3 is 1. The van der Waals surface area contributed by atoms with E-state index < -0.39 is 73.6 Å². The molecule has 1 heterocycles. The van der Waals surface area contributed by atoms with E-state index in [4.69, 9.17) is 33.9 Å². The summed E-state index contributed by atoms with van der Waals surface area (Å²) in [6.45, 7) is 0.770. The molecule has 0 aromatic carbocycles. The van der Waals surface area contributed by atoms with Crippen molar-refractivity contribution < 1.29 is 63.9 Å². The summed E-state index contributed by atoms with van der Waals surface area (Å²) in [5.74, 6) is -4.01. The predicted molar refractivity (Wildman–Crippen MR) is 121 cm³/mol. The van der Waals surface area contributed by atoms with E-state index >= 15 is 0 Å². The molecule has 1 aliphatic carbocycles. The van der Waals surface area contributed by atoms with Gasteiger partial charge in [-0.25, -0.2) is 9.59 Å². The van der Waals surface area contributed by atoms with E-state index in [-0.39, 0.29) is 44.9 Å². The molecule has 2 fully saturated rings. The molecule has 36 heavy (non-hydrogen) atoms. The van der Waals surface area contributed by atoms with E-state index in [2.05, 4.69) is 0 Å². The van der Waals surface area contributed by atoms with Gasteiger partial charge in [-0.05, 0) is 18.8 Å². The third kappa shape index (κ3) is 8.57. The van der Waals surface area contributed by atoms with Crippen molar-refractivity contribution in [3.05, 3.63) is 0 Å². The van der Waals surface area contributed by atoms with Gasteiger partial charge in [-0.1, -0.05) is 6.92 Å². The van der Waals surface area contributed by atoms with E-state index in [9.17, 15) is 30.0 Å². The molecule has 0 radical (unpaired) electrons. The molecule has 0 bridgehead atoms. The molecule has 0 spiro atoms. The number of rotatable bonds is 15. The van der Waals surface area contributed by atoms with Crippen LogP contribution in [0.4, 0.5) is 0 Å². The highest BCUT2D eigenvalue weighted by Crippen LogP contribution is 2.36. The molecule has 6 N–H and O–H groups in total. The second-order valence-electron chi connectivity index (χ2n) is 9.48. The van der Waals surface area contributed by atoms with Gasteiger partial charge in [-0.15, -0.1) is 0 Å². The molecule has 210 valence electrons. The van der Waals surface area contributed by atoms with Crippen LogP contribution >= 0.6 is 0 Å². The molecule has 0 amide bonds. The minimum atomic E-state index is -1.26. The van der Waals surface area contributed by atoms with Crippen molar-refractivity contribution in [1.82, 2.24) is 0 Å². The monoisotopic (exact) mass is 524 g/mol. The standard InChI is InChI=1S/C23H40O13/c1-3-14-16(8-35-11-19(26)27)36-17(23(31)21(14)29)9-34-7-15-12(6-33-10-18(24)25)4-13(5-32-2)20(28)22(15)30/h12-17,20-23,28-31H,3-11H2,1-2H3,(H,24,25)(H,26,27). The summed E-state index contributed by atoms with van der Waals surface area (Å²) >= 11 is 0. The van der Waals surface area contributed by atoms with Crippen LogP contribution in [0.1, 0.15) is 19.8 Å². The van der Waals surface area contributed by atoms with Gasteiger partial charge in [0.05, 0.1) is 57.5 Å². The average molecular weight is 525 g/mol. The molecular formula is C23H40O13. The number of hydrogen-bond donors (Lipinski definition) is 6. The van der Waals surface area contributed by atoms with Gasteiger partial charge in [0.2, 0.25) is 0 Å². The van der Waals surface area contributed by atoms with Crippen LogP contribution in [0.15, 0.2) is 0 Å². The van der Waals surface area contributed by atoms with Crippen molar-refractivity contribution in [2.45, 2.75) is 56.4 Å². The summed E-state index contributed by atoms with van der Waals surface area (Å²) in [4.78, 5) is 21.6. The smallest absolute Gasteiger partial charge is 0.329 e. The van der Waals surface area contributed by atoms with Crippen LogP contribution in [-0.4, -0.2) is 133 Å². The third-order valence-electron chi connectivity index (χ3n) is 6.99. The lowest BCUT2D eigenvalue weighted by molar-refractivity contribution is -0.227. The van der Waals surface area contributed by atoms with Crippen molar-refractivity contribution >= 4 is 11.9 Å². The summed E-state index contributed by atoms with van der Waals surface area (Å²) in [6.07, 6.45) is -5.35. The maximum Gasteiger partial charge on any atom is 0.329 e. The Morgan fingerprint density at radius 1 is 0.722 bits per heavy atom. The molecule has 13 heteroatoms. The summed E-state index contributed by atoms with van der Waals surface area (Å²) in [5.41, 5.74) is 0. The normalized spacial score (nSPS) is 37.1. The second-order valence-corrected chi connectivity index (χ2v) is 9.48. The quantitative estimate of drug-likeness (QED) is 0.142. The van der Waals surface area contributed by atoms with Crippen molar-refractivity contribution in [1.29, 1.82) is 0 Å². The number of carboxylic acid groups (broad SMARTS) is 2. The molecule has 13 nitrogen and oxygen atoms in total. The first-order chi connectivity index (χ1) is 17.1. The van der Waals surface area contributed by atoms with E-state index in [0.717, 1.165) is 0 Å². The molecular weight excluding hydrogens is 484 g/mol. The zero-order valence-corrected chi connectivity index (χ0v) is 20.7. The van der Waals surface area contributed by atoms with Crippen LogP contribution < -0.4 is 0 Å². The van der Waals surface area contributed by atoms with Crippen LogP contribution in [0.25, 0.3) is 0 Å². The highest BCUT2D eigenvalue weighted by Gasteiger charge is 2.45. The Hall–Kier alpha value is -1.42. The number of hydrogen-bond acceptors (Lipinski definition) is 11. The van der Waals surface area contributed by atoms with Crippen LogP contribution in [-0.2, 0) is 33.3 Å². The van der Waals surface area contributed by atoms with E-state index in [1.54, 1.807) is 0 Å². The molecule has 10 unspecified atom stereocenters. The molecule has 1 saturated heterocycles. The highest BCUT2D eigenvalue weighted by molar-refractivity contribution is 5.68. The van der Waals surface area contributed by atoms with Crippen LogP contribution in [0.5, 0.6) is 0 Å². The topological polar surface area (TPSA) is 202 Å². The minimum absolute atomic E-state index is 0.0345. The largest absolute Gasteiger partial charge is 0.480 e. The van der Waals surface area contributed by atoms with Crippen LogP contribution in [0.3, 0.4) is 0 Å². The first-order valence-corrected chi connectivity index (χ1v) is 12.1. The maximum atomic E-state index is 10.8. The van der Waals surface area contributed by atoms with E-state index in [1.165, 1.54) is 7.11 Å². The van der Waals surface area contributed by atoms with Crippen molar-refractivity contribution in [3.8, 4) is 0 Å². The molecule has 0 aromatic heterocycles. The van der Waals surface area contributed by atoms with Crippen molar-refractivity contribution in [3.63, 3.8) is 0 Å². The molecule has 10 atom stereocenters. The molecule has 1 saturated carbocycles. The Balaban J connectivity index is 2.00. The zero-order chi connectivity index (χ0) is 26.8. The van der Waals surface area contributed by atoms with Gasteiger partial charge in [0, 0.05) is 24.9 Å². The number of aliphatic hydroxyl groups excluding tert-OH is 4. The predicted octanol–water partition coefficient (Wildman–Crippen LogP) is -1.66. The van der Waals surface area contributed by atoms with Gasteiger partial charge < -0.3 is 54.3 Å². The molecule has 2 aliphatic rings. The van der Waals surface area contributed by atoms with Gasteiger partial charge in [0.1, 0.15) is 25.4 Å². The number of carbonyl (C=O) groups is 2. The Morgan fingerprint density at radius 2 is 1.31 bits per heavy atom. The fraction of sp³-hybridized carbons (Fsp3) is 0.913. The fourth-order valence-corrected chi connectivity index (χ4v) is 5.11. The summed E-state index contributed by atoms with van der Waals surface area (Å²) in [6, 6.07) is 0. The van der Waals surface area contributed by atoms with Gasteiger partial charge in [0.25, 0.3) is 0 Å². The lowest BCUT2D eigenvalue weighted by Gasteiger charge is -2.44. The van der Waals surface area contributed by atoms with Crippen molar-refractivity contribution in [2.24, 2.45) is 23.7 Å². The first-order valence-electron chi connectivity index (χ1n) is 12.1. The van der Waals surface area contributed by atoms with Gasteiger partial charge in [-0.2, -0.15) is 0 Å². The zero-order valence-electron chi connectivity index (χ0n) is 20.7. The molecule has 1 aliphatic heterocycles. The minimum Gasteiger partial charge on any atom is -0.480 e. The number of aliphatic carboxylic acids is 2. The fourth-order valence-electron chi connectivity index (χ4n) is 5.11. The van der Waals surface area contributed by atoms with Crippen molar-refractivity contribution in [2.75, 3.05) is 53.4 Å². The van der Waals surface area contributed by atoms with Crippen LogP contribution in [0.2, 0.25) is 0 Å². The van der Waals surface area contributed by atoms with Crippen LogP contribution in [0, 0.1) is 23.7 Å². The van der Waals surface area contributed by atoms with E-state index in [0.29, 0.717) is 12.8 Å². The average Bonchev–Trinajstić information content (AvgIpc) is 2.81. The number of ether oxygens (including phenoxy) is 5. The Morgan fingerprint density at radius 3 is 1.89 bits per heavy atom. The Labute approximate surface area is 209 Å². The lowest BCUT2D eigenvalue weighted by atomic mass is 9.71. The van der Waals surface area contributed by atoms with Gasteiger partial charge in [0.15, 0.2) is 0 Å². The SMILES string of the molecule is CCC1C(COCC(=O)O)OC(COCC2C(COCC(=O)O)CC(COC)C(O)C2O)C(O)C1O. The lowest BCUT2D eigenvalue weighted by Crippen LogP contribution is -2.57. The van der Waals surface area contributed by atoms with Gasteiger partial charge >= 0.3 is 11.9 Å². The maximum absolute atomic E-state index is 10.8. The summed E-state index contributed by atoms with van der Waals surface area (Å²) in [5, 5.41) is 60.0. The number of aliphatic hydroxyl groups is 4. The van der Waals surface area contributed by atoms with E-state index in [1.807, 2.05) is 6.92 Å². The number of carboxylic acids is 2. The summed E-state index contributed by atoms with van der Waals surface area (Å²) < 4.78 is 27.2. The second kappa shape index (κ2) is 15.1. The third-order valence-corrected chi connectivity index (χ3v) is 6.99.